The lowest BCUT2D eigenvalue weighted by Crippen LogP contribution is -2.40. The van der Waals surface area contributed by atoms with Gasteiger partial charge in [-0.2, -0.15) is 0 Å². The molecule has 1 N–H and O–H groups in total. The topological polar surface area (TPSA) is 67.4 Å². The van der Waals surface area contributed by atoms with Crippen LogP contribution in [0.5, 0.6) is 5.88 Å². The van der Waals surface area contributed by atoms with E-state index in [1.165, 1.54) is 12.8 Å². The first kappa shape index (κ1) is 20.3. The number of ether oxygens (including phenoxy) is 1. The highest BCUT2D eigenvalue weighted by atomic mass is 32.1. The number of likely N-dealkylation sites (tertiary alicyclic amines) is 1. The maximum atomic E-state index is 12.7. The molecule has 0 radical (unpaired) electrons. The molecule has 0 aromatic carbocycles. The largest absolute Gasteiger partial charge is 0.474 e. The number of carbonyl (C=O) groups excluding carboxylic acids is 1. The number of amides is 1. The summed E-state index contributed by atoms with van der Waals surface area (Å²) in [7, 11) is 0. The van der Waals surface area contributed by atoms with Gasteiger partial charge in [0, 0.05) is 36.1 Å². The molecule has 1 aliphatic heterocycles. The van der Waals surface area contributed by atoms with Gasteiger partial charge in [-0.1, -0.05) is 6.07 Å². The van der Waals surface area contributed by atoms with Gasteiger partial charge in [0.05, 0.1) is 10.7 Å². The third-order valence-electron chi connectivity index (χ3n) is 5.89. The summed E-state index contributed by atoms with van der Waals surface area (Å²) >= 11 is 1.70. The average Bonchev–Trinajstić information content (AvgIpc) is 3.39. The highest BCUT2D eigenvalue weighted by molar-refractivity contribution is 7.09. The van der Waals surface area contributed by atoms with Crippen LogP contribution in [0.15, 0.2) is 23.7 Å². The van der Waals surface area contributed by atoms with Crippen molar-refractivity contribution in [1.82, 2.24) is 20.2 Å². The van der Waals surface area contributed by atoms with Crippen molar-refractivity contribution in [1.29, 1.82) is 0 Å². The van der Waals surface area contributed by atoms with Crippen LogP contribution >= 0.6 is 11.3 Å². The zero-order valence-electron chi connectivity index (χ0n) is 17.1. The van der Waals surface area contributed by atoms with E-state index in [4.69, 9.17) is 4.74 Å². The summed E-state index contributed by atoms with van der Waals surface area (Å²) in [6.45, 7) is 5.29. The zero-order valence-corrected chi connectivity index (χ0v) is 17.9. The molecule has 2 fully saturated rings. The van der Waals surface area contributed by atoms with Crippen molar-refractivity contribution in [2.24, 2.45) is 5.92 Å². The van der Waals surface area contributed by atoms with Crippen LogP contribution in [0.1, 0.15) is 54.8 Å². The van der Waals surface area contributed by atoms with Crippen molar-refractivity contribution in [3.05, 3.63) is 40.0 Å². The first-order chi connectivity index (χ1) is 14.2. The van der Waals surface area contributed by atoms with Crippen molar-refractivity contribution < 1.29 is 9.53 Å². The Hall–Kier alpha value is -1.99. The molecule has 0 unspecified atom stereocenters. The summed E-state index contributed by atoms with van der Waals surface area (Å²) in [5.74, 6) is 0.900. The number of thiazole rings is 1. The van der Waals surface area contributed by atoms with E-state index in [1.807, 2.05) is 19.1 Å². The minimum atomic E-state index is 0.0827. The van der Waals surface area contributed by atoms with E-state index in [-0.39, 0.29) is 17.9 Å². The SMILES string of the molecule is Cc1nc(CN2CCC(C(=O)NCc3cccnc3OC3CCCC3)CC2)cs1. The number of hydrogen-bond donors (Lipinski definition) is 1. The summed E-state index contributed by atoms with van der Waals surface area (Å²) < 4.78 is 6.08. The molecular weight excluding hydrogens is 384 g/mol. The van der Waals surface area contributed by atoms with Gasteiger partial charge in [-0.3, -0.25) is 9.69 Å². The van der Waals surface area contributed by atoms with E-state index in [9.17, 15) is 4.79 Å². The summed E-state index contributed by atoms with van der Waals surface area (Å²) in [4.78, 5) is 24.0. The van der Waals surface area contributed by atoms with E-state index < -0.39 is 0 Å². The van der Waals surface area contributed by atoms with Crippen LogP contribution in [0, 0.1) is 12.8 Å². The van der Waals surface area contributed by atoms with E-state index in [2.05, 4.69) is 25.6 Å². The van der Waals surface area contributed by atoms with Gasteiger partial charge in [-0.25, -0.2) is 9.97 Å². The molecule has 1 amide bonds. The van der Waals surface area contributed by atoms with Crippen molar-refractivity contribution in [2.45, 2.75) is 64.6 Å². The van der Waals surface area contributed by atoms with Crippen LogP contribution in [0.4, 0.5) is 0 Å². The van der Waals surface area contributed by atoms with Crippen LogP contribution in [0.25, 0.3) is 0 Å². The quantitative estimate of drug-likeness (QED) is 0.748. The fourth-order valence-corrected chi connectivity index (χ4v) is 4.82. The van der Waals surface area contributed by atoms with Gasteiger partial charge in [0.15, 0.2) is 0 Å². The summed E-state index contributed by atoms with van der Waals surface area (Å²) in [6.07, 6.45) is 8.47. The van der Waals surface area contributed by atoms with Crippen molar-refractivity contribution in [3.8, 4) is 5.88 Å². The van der Waals surface area contributed by atoms with Crippen LogP contribution in [-0.2, 0) is 17.9 Å². The number of rotatable bonds is 7. The van der Waals surface area contributed by atoms with Crippen LogP contribution in [-0.4, -0.2) is 40.0 Å². The molecular formula is C22H30N4O2S. The first-order valence-electron chi connectivity index (χ1n) is 10.7. The molecule has 29 heavy (non-hydrogen) atoms. The van der Waals surface area contributed by atoms with Gasteiger partial charge in [-0.15, -0.1) is 11.3 Å². The van der Waals surface area contributed by atoms with Crippen molar-refractivity contribution in [3.63, 3.8) is 0 Å². The number of nitrogens with zero attached hydrogens (tertiary/aromatic N) is 3. The normalized spacial score (nSPS) is 18.8. The molecule has 1 saturated carbocycles. The zero-order chi connectivity index (χ0) is 20.1. The van der Waals surface area contributed by atoms with Gasteiger partial charge in [0.1, 0.15) is 6.10 Å². The lowest BCUT2D eigenvalue weighted by molar-refractivity contribution is -0.126. The average molecular weight is 415 g/mol. The van der Waals surface area contributed by atoms with E-state index in [1.54, 1.807) is 17.5 Å². The number of piperidine rings is 1. The Labute approximate surface area is 176 Å². The number of hydrogen-bond acceptors (Lipinski definition) is 6. The lowest BCUT2D eigenvalue weighted by atomic mass is 9.95. The Balaban J connectivity index is 1.24. The number of aryl methyl sites for hydroxylation is 1. The molecule has 3 heterocycles. The molecule has 4 rings (SSSR count). The number of carbonyl (C=O) groups is 1. The minimum Gasteiger partial charge on any atom is -0.474 e. The molecule has 2 aliphatic rings. The van der Waals surface area contributed by atoms with Gasteiger partial charge in [0.2, 0.25) is 11.8 Å². The molecule has 2 aromatic rings. The Morgan fingerprint density at radius 3 is 2.79 bits per heavy atom. The first-order valence-corrected chi connectivity index (χ1v) is 11.6. The Morgan fingerprint density at radius 1 is 1.28 bits per heavy atom. The Morgan fingerprint density at radius 2 is 2.07 bits per heavy atom. The molecule has 6 nitrogen and oxygen atoms in total. The maximum Gasteiger partial charge on any atom is 0.223 e. The third kappa shape index (κ3) is 5.54. The fraction of sp³-hybridized carbons (Fsp3) is 0.591. The molecule has 0 spiro atoms. The van der Waals surface area contributed by atoms with E-state index in [0.717, 1.165) is 61.6 Å². The van der Waals surface area contributed by atoms with Crippen LogP contribution in [0.2, 0.25) is 0 Å². The van der Waals surface area contributed by atoms with Crippen molar-refractivity contribution >= 4 is 17.2 Å². The smallest absolute Gasteiger partial charge is 0.223 e. The molecule has 2 aromatic heterocycles. The molecule has 0 atom stereocenters. The Bertz CT molecular complexity index is 811. The Kier molecular flexibility index (Phi) is 6.77. The van der Waals surface area contributed by atoms with Gasteiger partial charge in [0.25, 0.3) is 0 Å². The highest BCUT2D eigenvalue weighted by Gasteiger charge is 2.25. The minimum absolute atomic E-state index is 0.0827. The number of aromatic nitrogens is 2. The predicted octanol–water partition coefficient (Wildman–Crippen LogP) is 3.70. The summed E-state index contributed by atoms with van der Waals surface area (Å²) in [5.41, 5.74) is 2.10. The second-order valence-corrected chi connectivity index (χ2v) is 9.18. The van der Waals surface area contributed by atoms with Crippen LogP contribution < -0.4 is 10.1 Å². The third-order valence-corrected chi connectivity index (χ3v) is 6.72. The van der Waals surface area contributed by atoms with Gasteiger partial charge in [-0.05, 0) is 64.6 Å². The molecule has 1 saturated heterocycles. The van der Waals surface area contributed by atoms with Crippen LogP contribution in [0.3, 0.4) is 0 Å². The predicted molar refractivity (Wildman–Crippen MR) is 114 cm³/mol. The van der Waals surface area contributed by atoms with E-state index >= 15 is 0 Å². The fourth-order valence-electron chi connectivity index (χ4n) is 4.22. The van der Waals surface area contributed by atoms with Gasteiger partial charge >= 0.3 is 0 Å². The van der Waals surface area contributed by atoms with E-state index in [0.29, 0.717) is 12.4 Å². The maximum absolute atomic E-state index is 12.7. The number of pyridine rings is 1. The highest BCUT2D eigenvalue weighted by Crippen LogP contribution is 2.25. The summed E-state index contributed by atoms with van der Waals surface area (Å²) in [5, 5.41) is 6.36. The number of nitrogens with one attached hydrogen (secondary N) is 1. The van der Waals surface area contributed by atoms with Crippen molar-refractivity contribution in [2.75, 3.05) is 13.1 Å². The molecule has 7 heteroatoms. The molecule has 0 bridgehead atoms. The molecule has 156 valence electrons. The second-order valence-electron chi connectivity index (χ2n) is 8.12. The monoisotopic (exact) mass is 414 g/mol. The molecule has 1 aliphatic carbocycles. The second kappa shape index (κ2) is 9.67. The summed E-state index contributed by atoms with van der Waals surface area (Å²) in [6, 6.07) is 3.90. The lowest BCUT2D eigenvalue weighted by Gasteiger charge is -2.30. The van der Waals surface area contributed by atoms with Gasteiger partial charge < -0.3 is 10.1 Å². The standard InChI is InChI=1S/C22H30N4O2S/c1-16-25-19(15-29-16)14-26-11-8-17(9-12-26)21(27)24-13-18-5-4-10-23-22(18)28-20-6-2-3-7-20/h4-5,10,15,17,20H,2-3,6-9,11-14H2,1H3,(H,24,27).